The van der Waals surface area contributed by atoms with Crippen LogP contribution in [0.2, 0.25) is 10.0 Å². The standard InChI is InChI=1S/C18H17Cl2F3N2O3/c1-3-27-16(28-4-2)6-5-15(26)11-9-24-25(10-11)17-13(19)7-12(8-14(17)20)18(21,22)23/h7-10,15-16,26H,3-4H2,1-2H3. The molecule has 2 aromatic rings. The molecule has 0 amide bonds. The minimum atomic E-state index is -4.58. The number of benzene rings is 1. The molecular formula is C18H17Cl2F3N2O3. The summed E-state index contributed by atoms with van der Waals surface area (Å²) in [6.07, 6.45) is -3.90. The van der Waals surface area contributed by atoms with Crippen molar-refractivity contribution in [3.63, 3.8) is 0 Å². The molecule has 2 rings (SSSR count). The van der Waals surface area contributed by atoms with E-state index in [9.17, 15) is 18.3 Å². The van der Waals surface area contributed by atoms with E-state index in [1.54, 1.807) is 13.8 Å². The van der Waals surface area contributed by atoms with E-state index in [-0.39, 0.29) is 15.7 Å². The molecule has 0 aliphatic carbocycles. The van der Waals surface area contributed by atoms with E-state index in [0.29, 0.717) is 18.8 Å². The van der Waals surface area contributed by atoms with Crippen LogP contribution in [0.15, 0.2) is 24.5 Å². The van der Waals surface area contributed by atoms with Gasteiger partial charge < -0.3 is 14.6 Å². The van der Waals surface area contributed by atoms with Crippen LogP contribution >= 0.6 is 23.2 Å². The van der Waals surface area contributed by atoms with Gasteiger partial charge in [-0.15, -0.1) is 0 Å². The molecule has 10 heteroatoms. The molecule has 5 nitrogen and oxygen atoms in total. The molecule has 152 valence electrons. The fourth-order valence-corrected chi connectivity index (χ4v) is 2.87. The van der Waals surface area contributed by atoms with E-state index in [1.165, 1.54) is 17.1 Å². The molecule has 1 aromatic heterocycles. The van der Waals surface area contributed by atoms with Gasteiger partial charge >= 0.3 is 6.18 Å². The second kappa shape index (κ2) is 9.63. The Balaban J connectivity index is 2.27. The average molecular weight is 437 g/mol. The Labute approximate surface area is 170 Å². The number of aromatic nitrogens is 2. The van der Waals surface area contributed by atoms with Crippen LogP contribution in [0, 0.1) is 11.8 Å². The zero-order valence-corrected chi connectivity index (χ0v) is 16.4. The van der Waals surface area contributed by atoms with Gasteiger partial charge in [0.1, 0.15) is 11.8 Å². The fourth-order valence-electron chi connectivity index (χ4n) is 2.21. The van der Waals surface area contributed by atoms with Crippen molar-refractivity contribution in [3.05, 3.63) is 45.7 Å². The van der Waals surface area contributed by atoms with E-state index in [2.05, 4.69) is 16.9 Å². The lowest BCUT2D eigenvalue weighted by atomic mass is 10.2. The van der Waals surface area contributed by atoms with Crippen LogP contribution in [0.5, 0.6) is 0 Å². The Morgan fingerprint density at radius 3 is 2.21 bits per heavy atom. The van der Waals surface area contributed by atoms with Crippen LogP contribution in [0.1, 0.15) is 31.1 Å². The maximum Gasteiger partial charge on any atom is 0.416 e. The molecule has 0 aliphatic heterocycles. The van der Waals surface area contributed by atoms with Gasteiger partial charge in [-0.25, -0.2) is 4.68 Å². The monoisotopic (exact) mass is 436 g/mol. The molecule has 0 bridgehead atoms. The summed E-state index contributed by atoms with van der Waals surface area (Å²) in [6.45, 7) is 4.34. The number of alkyl halides is 3. The predicted molar refractivity (Wildman–Crippen MR) is 98.4 cm³/mol. The van der Waals surface area contributed by atoms with Gasteiger partial charge in [-0.1, -0.05) is 29.1 Å². The van der Waals surface area contributed by atoms with E-state index in [0.717, 1.165) is 12.1 Å². The summed E-state index contributed by atoms with van der Waals surface area (Å²) >= 11 is 11.9. The number of hydrogen-bond acceptors (Lipinski definition) is 4. The number of halogens is 5. The normalized spacial score (nSPS) is 12.8. The largest absolute Gasteiger partial charge is 0.416 e. The van der Waals surface area contributed by atoms with E-state index >= 15 is 0 Å². The summed E-state index contributed by atoms with van der Waals surface area (Å²) in [5.74, 6) is 5.24. The van der Waals surface area contributed by atoms with Crippen molar-refractivity contribution in [2.75, 3.05) is 13.2 Å². The second-order valence-corrected chi connectivity index (χ2v) is 6.25. The summed E-state index contributed by atoms with van der Waals surface area (Å²) < 4.78 is 50.2. The third-order valence-corrected chi connectivity index (χ3v) is 4.04. The van der Waals surface area contributed by atoms with Crippen molar-refractivity contribution < 1.29 is 27.8 Å². The first kappa shape index (κ1) is 22.5. The molecule has 0 aliphatic rings. The van der Waals surface area contributed by atoms with Crippen LogP contribution in [-0.2, 0) is 15.7 Å². The molecule has 1 heterocycles. The lowest BCUT2D eigenvalue weighted by Crippen LogP contribution is -2.15. The van der Waals surface area contributed by atoms with Crippen molar-refractivity contribution in [2.45, 2.75) is 32.4 Å². The summed E-state index contributed by atoms with van der Waals surface area (Å²) in [5.41, 5.74) is -0.613. The molecule has 1 unspecified atom stereocenters. The van der Waals surface area contributed by atoms with Gasteiger partial charge in [0.15, 0.2) is 0 Å². The van der Waals surface area contributed by atoms with Gasteiger partial charge in [0.25, 0.3) is 0 Å². The summed E-state index contributed by atoms with van der Waals surface area (Å²) in [7, 11) is 0. The lowest BCUT2D eigenvalue weighted by Gasteiger charge is -2.12. The number of nitrogens with zero attached hydrogens (tertiary/aromatic N) is 2. The quantitative estimate of drug-likeness (QED) is 0.529. The molecule has 0 spiro atoms. The maximum absolute atomic E-state index is 12.8. The van der Waals surface area contributed by atoms with Crippen molar-refractivity contribution in [1.82, 2.24) is 9.78 Å². The molecule has 28 heavy (non-hydrogen) atoms. The van der Waals surface area contributed by atoms with Gasteiger partial charge in [-0.2, -0.15) is 18.3 Å². The molecule has 0 saturated heterocycles. The van der Waals surface area contributed by atoms with Crippen LogP contribution in [0.4, 0.5) is 13.2 Å². The number of aliphatic hydroxyl groups excluding tert-OH is 1. The third kappa shape index (κ3) is 5.63. The van der Waals surface area contributed by atoms with Crippen LogP contribution in [0.3, 0.4) is 0 Å². The van der Waals surface area contributed by atoms with Crippen molar-refractivity contribution >= 4 is 23.2 Å². The van der Waals surface area contributed by atoms with E-state index in [4.69, 9.17) is 32.7 Å². The van der Waals surface area contributed by atoms with Gasteiger partial charge in [0.05, 0.1) is 21.8 Å². The first-order valence-corrected chi connectivity index (χ1v) is 8.96. The van der Waals surface area contributed by atoms with Gasteiger partial charge in [0, 0.05) is 25.0 Å². The van der Waals surface area contributed by atoms with Crippen LogP contribution in [0.25, 0.3) is 5.69 Å². The fraction of sp³-hybridized carbons (Fsp3) is 0.389. The Morgan fingerprint density at radius 2 is 1.71 bits per heavy atom. The van der Waals surface area contributed by atoms with Gasteiger partial charge in [0.2, 0.25) is 6.29 Å². The zero-order valence-electron chi connectivity index (χ0n) is 14.9. The highest BCUT2D eigenvalue weighted by molar-refractivity contribution is 6.37. The zero-order chi connectivity index (χ0) is 20.9. The van der Waals surface area contributed by atoms with Crippen molar-refractivity contribution in [3.8, 4) is 17.5 Å². The smallest absolute Gasteiger partial charge is 0.376 e. The number of hydrogen-bond donors (Lipinski definition) is 1. The Morgan fingerprint density at radius 1 is 1.14 bits per heavy atom. The van der Waals surface area contributed by atoms with Crippen molar-refractivity contribution in [1.29, 1.82) is 0 Å². The minimum Gasteiger partial charge on any atom is -0.376 e. The minimum absolute atomic E-state index is 0.0595. The predicted octanol–water partition coefficient (Wildman–Crippen LogP) is 4.63. The highest BCUT2D eigenvalue weighted by atomic mass is 35.5. The Hall–Kier alpha value is -1.76. The topological polar surface area (TPSA) is 56.5 Å². The van der Waals surface area contributed by atoms with Crippen LogP contribution in [-0.4, -0.2) is 34.4 Å². The third-order valence-electron chi connectivity index (χ3n) is 3.47. The Bertz CT molecular complexity index is 846. The second-order valence-electron chi connectivity index (χ2n) is 5.44. The highest BCUT2D eigenvalue weighted by Crippen LogP contribution is 2.37. The molecular weight excluding hydrogens is 420 g/mol. The van der Waals surface area contributed by atoms with Gasteiger partial charge in [-0.3, -0.25) is 0 Å². The Kier molecular flexibility index (Phi) is 7.75. The molecule has 1 atom stereocenters. The molecule has 0 saturated carbocycles. The maximum atomic E-state index is 12.8. The molecule has 1 N–H and O–H groups in total. The summed E-state index contributed by atoms with van der Waals surface area (Å²) in [5, 5.41) is 13.7. The first-order chi connectivity index (χ1) is 13.2. The molecule has 1 aromatic carbocycles. The number of rotatable bonds is 6. The lowest BCUT2D eigenvalue weighted by molar-refractivity contribution is -0.137. The number of aliphatic hydroxyl groups is 1. The highest BCUT2D eigenvalue weighted by Gasteiger charge is 2.32. The van der Waals surface area contributed by atoms with Gasteiger partial charge in [-0.05, 0) is 31.9 Å². The SMILES string of the molecule is CCOC(C#CC(O)c1cnn(-c2c(Cl)cc(C(F)(F)F)cc2Cl)c1)OCC. The summed E-state index contributed by atoms with van der Waals surface area (Å²) in [4.78, 5) is 0. The number of ether oxygens (including phenoxy) is 2. The molecule has 0 fully saturated rings. The molecule has 0 radical (unpaired) electrons. The van der Waals surface area contributed by atoms with Crippen LogP contribution < -0.4 is 0 Å². The first-order valence-electron chi connectivity index (χ1n) is 8.20. The summed E-state index contributed by atoms with van der Waals surface area (Å²) in [6, 6.07) is 1.52. The average Bonchev–Trinajstić information content (AvgIpc) is 3.08. The van der Waals surface area contributed by atoms with E-state index in [1.807, 2.05) is 0 Å². The van der Waals surface area contributed by atoms with Crippen molar-refractivity contribution in [2.24, 2.45) is 0 Å². The van der Waals surface area contributed by atoms with E-state index < -0.39 is 24.1 Å².